The first-order chi connectivity index (χ1) is 17.0. The number of benzene rings is 3. The number of fused-ring (bicyclic) bond motifs is 3. The van der Waals surface area contributed by atoms with Crippen LogP contribution in [0.2, 0.25) is 5.02 Å². The third-order valence-electron chi connectivity index (χ3n) is 6.01. The zero-order valence-electron chi connectivity index (χ0n) is 19.6. The van der Waals surface area contributed by atoms with E-state index in [0.29, 0.717) is 39.9 Å². The first-order valence-corrected chi connectivity index (χ1v) is 11.6. The molecular formula is C26H22ClF3N4O2. The van der Waals surface area contributed by atoms with E-state index in [1.165, 1.54) is 6.07 Å². The number of hydrogen-bond donors (Lipinski definition) is 3. The molecule has 0 saturated carbocycles. The second-order valence-corrected chi connectivity index (χ2v) is 9.71. The highest BCUT2D eigenvalue weighted by molar-refractivity contribution is 6.33. The summed E-state index contributed by atoms with van der Waals surface area (Å²) in [5.41, 5.74) is 2.29. The third-order valence-corrected chi connectivity index (χ3v) is 6.33. The zero-order valence-corrected chi connectivity index (χ0v) is 20.4. The smallest absolute Gasteiger partial charge is 0.263 e. The van der Waals surface area contributed by atoms with E-state index in [1.54, 1.807) is 6.07 Å². The van der Waals surface area contributed by atoms with Gasteiger partial charge in [-0.15, -0.1) is 0 Å². The number of halogens is 4. The molecule has 2 heterocycles. The standard InChI is InChI=1S/C26H22ClF3N4O2/c1-12-5-4-6-16(27)20(12)33-25-32-19-10-14(22-15(21(19)34-25)11-26(2,3)36-22)24(35)31-18-9-13(23(29)30)7-8-17(18)28/h4-10,23H,11H2,1-3H3,(H,31,35)(H2,32,33,34). The van der Waals surface area contributed by atoms with Crippen molar-refractivity contribution in [3.05, 3.63) is 75.6 Å². The number of nitrogens with one attached hydrogen (secondary N) is 3. The topological polar surface area (TPSA) is 79.0 Å². The molecule has 3 aromatic carbocycles. The molecule has 0 saturated heterocycles. The third kappa shape index (κ3) is 4.35. The van der Waals surface area contributed by atoms with Crippen LogP contribution in [0.25, 0.3) is 11.0 Å². The average Bonchev–Trinajstić information content (AvgIpc) is 3.36. The maximum absolute atomic E-state index is 14.3. The molecule has 0 spiro atoms. The van der Waals surface area contributed by atoms with Gasteiger partial charge in [0.05, 0.1) is 33.0 Å². The van der Waals surface area contributed by atoms with Crippen LogP contribution in [0.4, 0.5) is 30.5 Å². The lowest BCUT2D eigenvalue weighted by Crippen LogP contribution is -2.25. The highest BCUT2D eigenvalue weighted by Crippen LogP contribution is 2.43. The Labute approximate surface area is 209 Å². The molecule has 0 unspecified atom stereocenters. The molecule has 1 aliphatic heterocycles. The molecule has 4 aromatic rings. The van der Waals surface area contributed by atoms with Gasteiger partial charge in [-0.2, -0.15) is 0 Å². The summed E-state index contributed by atoms with van der Waals surface area (Å²) in [5, 5.41) is 6.13. The number of carbonyl (C=O) groups excluding carboxylic acids is 1. The van der Waals surface area contributed by atoms with E-state index in [2.05, 4.69) is 20.6 Å². The van der Waals surface area contributed by atoms with Crippen LogP contribution < -0.4 is 15.4 Å². The van der Waals surface area contributed by atoms with Crippen LogP contribution >= 0.6 is 11.6 Å². The summed E-state index contributed by atoms with van der Waals surface area (Å²) in [6, 6.07) is 9.84. The number of rotatable bonds is 5. The summed E-state index contributed by atoms with van der Waals surface area (Å²) in [4.78, 5) is 21.1. The molecular weight excluding hydrogens is 493 g/mol. The minimum atomic E-state index is -2.80. The predicted octanol–water partition coefficient (Wildman–Crippen LogP) is 7.31. The van der Waals surface area contributed by atoms with Crippen molar-refractivity contribution in [2.45, 2.75) is 39.2 Å². The van der Waals surface area contributed by atoms with Crippen LogP contribution in [0.15, 0.2) is 42.5 Å². The van der Waals surface area contributed by atoms with Crippen LogP contribution in [0.3, 0.4) is 0 Å². The maximum Gasteiger partial charge on any atom is 0.263 e. The van der Waals surface area contributed by atoms with Gasteiger partial charge in [0.1, 0.15) is 17.2 Å². The first kappa shape index (κ1) is 24.0. The summed E-state index contributed by atoms with van der Waals surface area (Å²) in [6.07, 6.45) is -2.32. The van der Waals surface area contributed by atoms with Gasteiger partial charge in [0, 0.05) is 17.5 Å². The fourth-order valence-electron chi connectivity index (χ4n) is 4.32. The number of aromatic amines is 1. The Hall–Kier alpha value is -3.72. The summed E-state index contributed by atoms with van der Waals surface area (Å²) < 4.78 is 46.6. The minimum Gasteiger partial charge on any atom is -0.486 e. The van der Waals surface area contributed by atoms with Crippen molar-refractivity contribution in [3.63, 3.8) is 0 Å². The highest BCUT2D eigenvalue weighted by Gasteiger charge is 2.36. The van der Waals surface area contributed by atoms with Gasteiger partial charge in [-0.1, -0.05) is 29.8 Å². The van der Waals surface area contributed by atoms with Gasteiger partial charge < -0.3 is 20.4 Å². The van der Waals surface area contributed by atoms with E-state index in [1.807, 2.05) is 32.9 Å². The second kappa shape index (κ2) is 8.74. The number of para-hydroxylation sites is 1. The molecule has 186 valence electrons. The van der Waals surface area contributed by atoms with E-state index in [0.717, 1.165) is 29.3 Å². The molecule has 36 heavy (non-hydrogen) atoms. The Morgan fingerprint density at radius 2 is 2.00 bits per heavy atom. The Morgan fingerprint density at radius 3 is 2.72 bits per heavy atom. The fourth-order valence-corrected chi connectivity index (χ4v) is 4.59. The number of carbonyl (C=O) groups is 1. The molecule has 5 rings (SSSR count). The number of aromatic nitrogens is 2. The Kier molecular flexibility index (Phi) is 5.83. The second-order valence-electron chi connectivity index (χ2n) is 9.30. The fraction of sp³-hybridized carbons (Fsp3) is 0.231. The van der Waals surface area contributed by atoms with Crippen molar-refractivity contribution in [2.24, 2.45) is 0 Å². The molecule has 0 radical (unpaired) electrons. The maximum atomic E-state index is 14.3. The van der Waals surface area contributed by atoms with Crippen LogP contribution in [0, 0.1) is 12.7 Å². The average molecular weight is 515 g/mol. The number of anilines is 3. The SMILES string of the molecule is Cc1cccc(Cl)c1Nc1nc2cc(C(=O)Nc3cc(C(F)F)ccc3F)c3c(c2[nH]1)CC(C)(C)O3. The number of alkyl halides is 2. The van der Waals surface area contributed by atoms with Crippen molar-refractivity contribution in [3.8, 4) is 5.75 Å². The molecule has 0 aliphatic carbocycles. The minimum absolute atomic E-state index is 0.122. The highest BCUT2D eigenvalue weighted by atomic mass is 35.5. The van der Waals surface area contributed by atoms with E-state index in [4.69, 9.17) is 16.3 Å². The van der Waals surface area contributed by atoms with Crippen LogP contribution in [-0.4, -0.2) is 21.5 Å². The van der Waals surface area contributed by atoms with Crippen molar-refractivity contribution in [2.75, 3.05) is 10.6 Å². The van der Waals surface area contributed by atoms with Crippen molar-refractivity contribution < 1.29 is 22.7 Å². The van der Waals surface area contributed by atoms with Crippen LogP contribution in [0.5, 0.6) is 5.75 Å². The lowest BCUT2D eigenvalue weighted by Gasteiger charge is -2.18. The Morgan fingerprint density at radius 1 is 1.22 bits per heavy atom. The lowest BCUT2D eigenvalue weighted by atomic mass is 9.98. The molecule has 3 N–H and O–H groups in total. The van der Waals surface area contributed by atoms with Crippen LogP contribution in [0.1, 0.15) is 47.3 Å². The number of amides is 1. The largest absolute Gasteiger partial charge is 0.486 e. The van der Waals surface area contributed by atoms with Crippen molar-refractivity contribution in [1.29, 1.82) is 0 Å². The Bertz CT molecular complexity index is 1500. The molecule has 0 atom stereocenters. The molecule has 0 fully saturated rings. The normalized spacial score (nSPS) is 14.1. The summed E-state index contributed by atoms with van der Waals surface area (Å²) in [7, 11) is 0. The molecule has 1 amide bonds. The number of hydrogen-bond acceptors (Lipinski definition) is 4. The zero-order chi connectivity index (χ0) is 25.8. The predicted molar refractivity (Wildman–Crippen MR) is 133 cm³/mol. The lowest BCUT2D eigenvalue weighted by molar-refractivity contribution is 0.101. The van der Waals surface area contributed by atoms with Gasteiger partial charge in [0.2, 0.25) is 5.95 Å². The van der Waals surface area contributed by atoms with E-state index >= 15 is 0 Å². The van der Waals surface area contributed by atoms with Gasteiger partial charge in [0.25, 0.3) is 12.3 Å². The summed E-state index contributed by atoms with van der Waals surface area (Å²) >= 11 is 6.34. The van der Waals surface area contributed by atoms with Gasteiger partial charge in [-0.3, -0.25) is 4.79 Å². The summed E-state index contributed by atoms with van der Waals surface area (Å²) in [5.74, 6) is -0.774. The van der Waals surface area contributed by atoms with Gasteiger partial charge in [-0.25, -0.2) is 18.2 Å². The van der Waals surface area contributed by atoms with E-state index < -0.39 is 29.3 Å². The van der Waals surface area contributed by atoms with Gasteiger partial charge >= 0.3 is 0 Å². The van der Waals surface area contributed by atoms with Crippen molar-refractivity contribution >= 4 is 45.9 Å². The monoisotopic (exact) mass is 514 g/mol. The number of aryl methyl sites for hydroxylation is 1. The number of ether oxygens (including phenoxy) is 1. The molecule has 6 nitrogen and oxygen atoms in total. The number of nitrogens with zero attached hydrogens (tertiary/aromatic N) is 1. The molecule has 10 heteroatoms. The summed E-state index contributed by atoms with van der Waals surface area (Å²) in [6.45, 7) is 5.68. The van der Waals surface area contributed by atoms with Gasteiger partial charge in [-0.05, 0) is 50.6 Å². The van der Waals surface area contributed by atoms with Crippen LogP contribution in [-0.2, 0) is 6.42 Å². The Balaban J connectivity index is 1.56. The molecule has 0 bridgehead atoms. The van der Waals surface area contributed by atoms with E-state index in [-0.39, 0.29) is 11.3 Å². The molecule has 1 aliphatic rings. The van der Waals surface area contributed by atoms with E-state index in [9.17, 15) is 18.0 Å². The first-order valence-electron chi connectivity index (χ1n) is 11.2. The number of imidazole rings is 1. The quantitative estimate of drug-likeness (QED) is 0.261. The molecule has 1 aromatic heterocycles. The van der Waals surface area contributed by atoms with Gasteiger partial charge in [0.15, 0.2) is 0 Å². The van der Waals surface area contributed by atoms with Crippen molar-refractivity contribution in [1.82, 2.24) is 9.97 Å². The number of H-pyrrole nitrogens is 1.